The van der Waals surface area contributed by atoms with Gasteiger partial charge in [-0.2, -0.15) is 0 Å². The monoisotopic (exact) mass is 588 g/mol. The van der Waals surface area contributed by atoms with Crippen molar-refractivity contribution in [1.82, 2.24) is 4.90 Å². The van der Waals surface area contributed by atoms with Gasteiger partial charge in [0.15, 0.2) is 23.8 Å². The minimum absolute atomic E-state index is 0. The number of allylic oxidation sites excluding steroid dienone is 1. The Morgan fingerprint density at radius 3 is 2.45 bits per heavy atom. The third-order valence-corrected chi connectivity index (χ3v) is 6.48. The number of benzene rings is 2. The molecule has 1 amide bonds. The van der Waals surface area contributed by atoms with Gasteiger partial charge in [0.25, 0.3) is 5.91 Å². The van der Waals surface area contributed by atoms with Crippen LogP contribution < -0.4 is 26.5 Å². The van der Waals surface area contributed by atoms with Crippen molar-refractivity contribution >= 4 is 11.7 Å². The SMILES string of the molecule is C=CCc1cccc(Oc2ccc(C(=O)CC)cc2)c1OCCCC[N+](C)(C)CC(=O)N1CCOCC1.[Br-]. The molecule has 38 heavy (non-hydrogen) atoms. The Labute approximate surface area is 237 Å². The van der Waals surface area contributed by atoms with Gasteiger partial charge in [-0.1, -0.05) is 25.1 Å². The Morgan fingerprint density at radius 1 is 1.08 bits per heavy atom. The fourth-order valence-corrected chi connectivity index (χ4v) is 4.34. The Hall–Kier alpha value is -2.68. The predicted molar refractivity (Wildman–Crippen MR) is 145 cm³/mol. The standard InChI is InChI=1S/C30H41N2O5.BrH/c1-5-10-25-11-9-12-28(37-26-15-13-24(14-16-26)27(33)6-2)30(25)36-20-8-7-19-32(3,4)23-29(34)31-17-21-35-22-18-31;/h5,9,11-16H,1,6-8,10,17-23H2,2-4H3;1H/q+1;/p-1. The molecule has 3 rings (SSSR count). The largest absolute Gasteiger partial charge is 1.00 e. The lowest BCUT2D eigenvalue weighted by Gasteiger charge is -2.33. The molecule has 0 spiro atoms. The van der Waals surface area contributed by atoms with Crippen LogP contribution in [0.2, 0.25) is 0 Å². The summed E-state index contributed by atoms with van der Waals surface area (Å²) in [5.41, 5.74) is 1.69. The molecule has 0 unspecified atom stereocenters. The summed E-state index contributed by atoms with van der Waals surface area (Å²) in [6.07, 6.45) is 4.80. The normalized spacial score (nSPS) is 13.4. The molecule has 0 aliphatic carbocycles. The number of carbonyl (C=O) groups is 2. The number of hydrogen-bond acceptors (Lipinski definition) is 5. The Morgan fingerprint density at radius 2 is 1.79 bits per heavy atom. The average molecular weight is 590 g/mol. The van der Waals surface area contributed by atoms with Gasteiger partial charge in [-0.3, -0.25) is 9.59 Å². The quantitative estimate of drug-likeness (QED) is 0.146. The number of rotatable bonds is 14. The number of likely N-dealkylation sites (N-methyl/N-ethyl adjacent to an activating group) is 1. The maximum absolute atomic E-state index is 12.6. The molecule has 8 heteroatoms. The number of quaternary nitrogens is 1. The number of nitrogens with zero attached hydrogens (tertiary/aromatic N) is 2. The van der Waals surface area contributed by atoms with E-state index in [1.807, 2.05) is 48.2 Å². The van der Waals surface area contributed by atoms with Crippen LogP contribution >= 0.6 is 0 Å². The molecule has 208 valence electrons. The van der Waals surface area contributed by atoms with E-state index in [0.717, 1.165) is 24.9 Å². The van der Waals surface area contributed by atoms with Crippen LogP contribution in [0.4, 0.5) is 0 Å². The van der Waals surface area contributed by atoms with Crippen molar-refractivity contribution in [3.05, 3.63) is 66.2 Å². The molecule has 7 nitrogen and oxygen atoms in total. The summed E-state index contributed by atoms with van der Waals surface area (Å²) in [5.74, 6) is 2.30. The first-order valence-electron chi connectivity index (χ1n) is 13.2. The minimum atomic E-state index is 0. The molecule has 1 aliphatic heterocycles. The number of ketones is 1. The number of halogens is 1. The first-order valence-corrected chi connectivity index (χ1v) is 13.2. The van der Waals surface area contributed by atoms with Crippen LogP contribution in [0.3, 0.4) is 0 Å². The third-order valence-electron chi connectivity index (χ3n) is 6.48. The van der Waals surface area contributed by atoms with E-state index in [4.69, 9.17) is 14.2 Å². The summed E-state index contributed by atoms with van der Waals surface area (Å²) in [6, 6.07) is 13.1. The van der Waals surface area contributed by atoms with Crippen LogP contribution in [-0.4, -0.2) is 81.2 Å². The molecule has 0 N–H and O–H groups in total. The number of morpholine rings is 1. The number of para-hydroxylation sites is 1. The Bertz CT molecular complexity index is 1050. The molecule has 0 saturated carbocycles. The molecule has 0 aromatic heterocycles. The van der Waals surface area contributed by atoms with Gasteiger partial charge in [0.2, 0.25) is 0 Å². The van der Waals surface area contributed by atoms with Crippen LogP contribution in [-0.2, 0) is 16.0 Å². The second-order valence-electron chi connectivity index (χ2n) is 10.0. The zero-order chi connectivity index (χ0) is 26.7. The highest BCUT2D eigenvalue weighted by Crippen LogP contribution is 2.35. The molecule has 1 fully saturated rings. The van der Waals surface area contributed by atoms with E-state index >= 15 is 0 Å². The van der Waals surface area contributed by atoms with Crippen LogP contribution in [0, 0.1) is 0 Å². The van der Waals surface area contributed by atoms with Gasteiger partial charge >= 0.3 is 0 Å². The molecule has 0 radical (unpaired) electrons. The molecular weight excluding hydrogens is 548 g/mol. The summed E-state index contributed by atoms with van der Waals surface area (Å²) < 4.78 is 18.4. The number of hydrogen-bond donors (Lipinski definition) is 0. The van der Waals surface area contributed by atoms with Crippen LogP contribution in [0.25, 0.3) is 0 Å². The highest BCUT2D eigenvalue weighted by molar-refractivity contribution is 5.95. The summed E-state index contributed by atoms with van der Waals surface area (Å²) in [6.45, 7) is 10.3. The van der Waals surface area contributed by atoms with Crippen molar-refractivity contribution in [1.29, 1.82) is 0 Å². The number of ether oxygens (including phenoxy) is 3. The second kappa shape index (κ2) is 15.7. The number of Topliss-reactive ketones (excluding diaryl/α,β-unsaturated/α-hetero) is 1. The fourth-order valence-electron chi connectivity index (χ4n) is 4.34. The van der Waals surface area contributed by atoms with Crippen molar-refractivity contribution in [2.24, 2.45) is 0 Å². The van der Waals surface area contributed by atoms with Gasteiger partial charge < -0.3 is 40.6 Å². The van der Waals surface area contributed by atoms with Crippen LogP contribution in [0.15, 0.2) is 55.1 Å². The lowest BCUT2D eigenvalue weighted by molar-refractivity contribution is -0.883. The highest BCUT2D eigenvalue weighted by atomic mass is 79.9. The smallest absolute Gasteiger partial charge is 0.277 e. The van der Waals surface area contributed by atoms with Crippen molar-refractivity contribution in [3.63, 3.8) is 0 Å². The zero-order valence-electron chi connectivity index (χ0n) is 22.9. The number of amides is 1. The average Bonchev–Trinajstić information content (AvgIpc) is 2.90. The van der Waals surface area contributed by atoms with E-state index < -0.39 is 0 Å². The molecule has 1 saturated heterocycles. The first kappa shape index (κ1) is 31.5. The number of unbranched alkanes of at least 4 members (excludes halogenated alkanes) is 1. The molecule has 1 aliphatic rings. The predicted octanol–water partition coefficient (Wildman–Crippen LogP) is 1.90. The molecule has 1 heterocycles. The minimum Gasteiger partial charge on any atom is -1.00 e. The van der Waals surface area contributed by atoms with Crippen molar-refractivity contribution in [3.8, 4) is 17.2 Å². The van der Waals surface area contributed by atoms with Crippen molar-refractivity contribution < 1.29 is 45.3 Å². The lowest BCUT2D eigenvalue weighted by Crippen LogP contribution is -3.00. The maximum Gasteiger partial charge on any atom is 0.277 e. The highest BCUT2D eigenvalue weighted by Gasteiger charge is 2.25. The lowest BCUT2D eigenvalue weighted by atomic mass is 10.1. The van der Waals surface area contributed by atoms with Gasteiger partial charge in [-0.15, -0.1) is 6.58 Å². The summed E-state index contributed by atoms with van der Waals surface area (Å²) in [5, 5.41) is 0. The van der Waals surface area contributed by atoms with E-state index in [1.165, 1.54) is 0 Å². The third kappa shape index (κ3) is 9.57. The van der Waals surface area contributed by atoms with E-state index in [2.05, 4.69) is 20.7 Å². The van der Waals surface area contributed by atoms with Gasteiger partial charge in [-0.25, -0.2) is 0 Å². The molecular formula is C30H41BrN2O5. The van der Waals surface area contributed by atoms with E-state index in [9.17, 15) is 9.59 Å². The molecule has 0 atom stereocenters. The molecule has 2 aromatic rings. The second-order valence-corrected chi connectivity index (χ2v) is 10.0. The number of carbonyl (C=O) groups excluding carboxylic acids is 2. The summed E-state index contributed by atoms with van der Waals surface area (Å²) >= 11 is 0. The van der Waals surface area contributed by atoms with Gasteiger partial charge in [0.1, 0.15) is 5.75 Å². The van der Waals surface area contributed by atoms with Crippen molar-refractivity contribution in [2.75, 3.05) is 60.1 Å². The summed E-state index contributed by atoms with van der Waals surface area (Å²) in [4.78, 5) is 26.5. The van der Waals surface area contributed by atoms with Gasteiger partial charge in [0, 0.05) is 30.6 Å². The van der Waals surface area contributed by atoms with E-state index in [-0.39, 0.29) is 28.7 Å². The Kier molecular flexibility index (Phi) is 13.0. The first-order chi connectivity index (χ1) is 17.8. The van der Waals surface area contributed by atoms with Crippen LogP contribution in [0.5, 0.6) is 17.2 Å². The van der Waals surface area contributed by atoms with Crippen molar-refractivity contribution in [2.45, 2.75) is 32.6 Å². The van der Waals surface area contributed by atoms with Gasteiger partial charge in [0.05, 0.1) is 40.5 Å². The molecule has 0 bridgehead atoms. The maximum atomic E-state index is 12.6. The fraction of sp³-hybridized carbons (Fsp3) is 0.467. The summed E-state index contributed by atoms with van der Waals surface area (Å²) in [7, 11) is 4.20. The molecule has 2 aromatic carbocycles. The van der Waals surface area contributed by atoms with Crippen LogP contribution in [0.1, 0.15) is 42.1 Å². The van der Waals surface area contributed by atoms with Gasteiger partial charge in [-0.05, 0) is 49.6 Å². The topological polar surface area (TPSA) is 65.1 Å². The van der Waals surface area contributed by atoms with E-state index in [1.54, 1.807) is 12.1 Å². The van der Waals surface area contributed by atoms with E-state index in [0.29, 0.717) is 79.6 Å². The Balaban J connectivity index is 0.00000507. The zero-order valence-corrected chi connectivity index (χ0v) is 24.5.